The van der Waals surface area contributed by atoms with Crippen LogP contribution in [0.15, 0.2) is 88.4 Å². The van der Waals surface area contributed by atoms with E-state index in [1.165, 1.54) is 17.0 Å². The molecule has 0 fully saturated rings. The number of hydrogen-bond acceptors (Lipinski definition) is 4. The van der Waals surface area contributed by atoms with Gasteiger partial charge in [-0.15, -0.1) is 0 Å². The summed E-state index contributed by atoms with van der Waals surface area (Å²) in [7, 11) is -4.13. The van der Waals surface area contributed by atoms with Crippen LogP contribution < -0.4 is 4.90 Å². The first-order valence-corrected chi connectivity index (χ1v) is 12.0. The molecular weight excluding hydrogens is 422 g/mol. The average molecular weight is 448 g/mol. The molecule has 0 spiro atoms. The van der Waals surface area contributed by atoms with Crippen molar-refractivity contribution >= 4 is 21.4 Å². The van der Waals surface area contributed by atoms with Crippen LogP contribution in [0.2, 0.25) is 0 Å². The van der Waals surface area contributed by atoms with E-state index in [1.807, 2.05) is 45.0 Å². The number of anilines is 1. The van der Waals surface area contributed by atoms with Crippen molar-refractivity contribution < 1.29 is 18.3 Å². The highest BCUT2D eigenvalue weighted by Crippen LogP contribution is 2.44. The van der Waals surface area contributed by atoms with E-state index in [0.29, 0.717) is 11.3 Å². The maximum absolute atomic E-state index is 13.6. The lowest BCUT2D eigenvalue weighted by Gasteiger charge is -2.27. The predicted molar refractivity (Wildman–Crippen MR) is 125 cm³/mol. The molecule has 3 aromatic carbocycles. The summed E-state index contributed by atoms with van der Waals surface area (Å²) in [6.45, 7) is 5.83. The Morgan fingerprint density at radius 1 is 0.844 bits per heavy atom. The van der Waals surface area contributed by atoms with Gasteiger partial charge in [0, 0.05) is 5.69 Å². The third kappa shape index (κ3) is 3.71. The Kier molecular flexibility index (Phi) is 5.65. The van der Waals surface area contributed by atoms with E-state index in [1.54, 1.807) is 36.4 Å². The van der Waals surface area contributed by atoms with E-state index < -0.39 is 27.5 Å². The van der Waals surface area contributed by atoms with Gasteiger partial charge < -0.3 is 5.11 Å². The number of hydrogen-bond donors (Lipinski definition) is 1. The minimum absolute atomic E-state index is 0.0396. The quantitative estimate of drug-likeness (QED) is 0.584. The number of aliphatic hydroxyl groups is 1. The summed E-state index contributed by atoms with van der Waals surface area (Å²) >= 11 is 0. The Hall–Kier alpha value is -3.38. The van der Waals surface area contributed by atoms with Crippen LogP contribution in [-0.4, -0.2) is 19.4 Å². The molecule has 1 aliphatic heterocycles. The fraction of sp³-hybridized carbons (Fsp3) is 0.192. The smallest absolute Gasteiger partial charge is 0.295 e. The lowest BCUT2D eigenvalue weighted by molar-refractivity contribution is -0.117. The first kappa shape index (κ1) is 21.8. The van der Waals surface area contributed by atoms with Gasteiger partial charge in [-0.05, 0) is 55.7 Å². The van der Waals surface area contributed by atoms with Gasteiger partial charge >= 0.3 is 0 Å². The number of sulfone groups is 1. The van der Waals surface area contributed by atoms with Crippen molar-refractivity contribution in [1.82, 2.24) is 0 Å². The van der Waals surface area contributed by atoms with Crippen LogP contribution in [0.25, 0.3) is 0 Å². The standard InChI is InChI=1S/C26H25NO4S/c1-4-19-9-13-21(14-10-19)27-23(20-11-5-17(2)6-12-20)25(24(28)26(27)29)32(30,31)22-15-7-18(3)8-16-22/h5-16,23,28H,4H2,1-3H3. The third-order valence-electron chi connectivity index (χ3n) is 5.80. The van der Waals surface area contributed by atoms with Crippen molar-refractivity contribution in [2.24, 2.45) is 0 Å². The summed E-state index contributed by atoms with van der Waals surface area (Å²) in [5.41, 5.74) is 4.15. The third-order valence-corrected chi connectivity index (χ3v) is 7.69. The van der Waals surface area contributed by atoms with E-state index in [4.69, 9.17) is 0 Å². The predicted octanol–water partition coefficient (Wildman–Crippen LogP) is 5.20. The number of benzene rings is 3. The summed E-state index contributed by atoms with van der Waals surface area (Å²) in [6, 6.07) is 20.1. The minimum Gasteiger partial charge on any atom is -0.502 e. The normalized spacial score (nSPS) is 16.7. The number of amides is 1. The van der Waals surface area contributed by atoms with Gasteiger partial charge in [0.25, 0.3) is 5.91 Å². The number of rotatable bonds is 5. The summed E-state index contributed by atoms with van der Waals surface area (Å²) in [5, 5.41) is 10.8. The molecule has 1 atom stereocenters. The van der Waals surface area contributed by atoms with E-state index in [9.17, 15) is 18.3 Å². The molecule has 0 saturated carbocycles. The monoisotopic (exact) mass is 447 g/mol. The number of aryl methyl sites for hydroxylation is 3. The molecule has 0 bridgehead atoms. The fourth-order valence-corrected chi connectivity index (χ4v) is 5.54. The van der Waals surface area contributed by atoms with Crippen LogP contribution in [0, 0.1) is 13.8 Å². The molecule has 1 heterocycles. The van der Waals surface area contributed by atoms with Gasteiger partial charge in [-0.25, -0.2) is 8.42 Å². The molecule has 0 aromatic heterocycles. The maximum atomic E-state index is 13.6. The van der Waals surface area contributed by atoms with Crippen LogP contribution >= 0.6 is 0 Å². The molecule has 1 N–H and O–H groups in total. The molecule has 164 valence electrons. The van der Waals surface area contributed by atoms with Gasteiger partial charge in [0.1, 0.15) is 10.9 Å². The summed E-state index contributed by atoms with van der Waals surface area (Å²) < 4.78 is 27.3. The highest BCUT2D eigenvalue weighted by Gasteiger charge is 2.47. The van der Waals surface area contributed by atoms with Crippen molar-refractivity contribution in [3.63, 3.8) is 0 Å². The highest BCUT2D eigenvalue weighted by atomic mass is 32.2. The zero-order valence-corrected chi connectivity index (χ0v) is 19.1. The lowest BCUT2D eigenvalue weighted by Crippen LogP contribution is -2.31. The van der Waals surface area contributed by atoms with Gasteiger partial charge in [0.05, 0.1) is 4.90 Å². The van der Waals surface area contributed by atoms with Crippen molar-refractivity contribution in [1.29, 1.82) is 0 Å². The van der Waals surface area contributed by atoms with Crippen LogP contribution in [-0.2, 0) is 21.1 Å². The molecular formula is C26H25NO4S. The van der Waals surface area contributed by atoms with Gasteiger partial charge in [-0.1, -0.05) is 66.6 Å². The van der Waals surface area contributed by atoms with E-state index in [0.717, 1.165) is 23.1 Å². The Morgan fingerprint density at radius 2 is 1.38 bits per heavy atom. The number of carbonyl (C=O) groups excluding carboxylic acids is 1. The molecule has 1 amide bonds. The second-order valence-electron chi connectivity index (χ2n) is 8.04. The first-order chi connectivity index (χ1) is 15.2. The Labute approximate surface area is 188 Å². The molecule has 1 aliphatic rings. The van der Waals surface area contributed by atoms with Crippen molar-refractivity contribution in [3.8, 4) is 0 Å². The lowest BCUT2D eigenvalue weighted by atomic mass is 10.0. The number of nitrogens with zero attached hydrogens (tertiary/aromatic N) is 1. The first-order valence-electron chi connectivity index (χ1n) is 10.5. The Bertz CT molecular complexity index is 1290. The fourth-order valence-electron chi connectivity index (χ4n) is 3.91. The molecule has 0 radical (unpaired) electrons. The molecule has 4 rings (SSSR count). The summed E-state index contributed by atoms with van der Waals surface area (Å²) in [6.07, 6.45) is 0.839. The summed E-state index contributed by atoms with van der Waals surface area (Å²) in [5.74, 6) is -1.47. The maximum Gasteiger partial charge on any atom is 0.295 e. The van der Waals surface area contributed by atoms with Crippen molar-refractivity contribution in [3.05, 3.63) is 106 Å². The summed E-state index contributed by atoms with van der Waals surface area (Å²) in [4.78, 5) is 14.3. The van der Waals surface area contributed by atoms with Gasteiger partial charge in [0.15, 0.2) is 5.76 Å². The van der Waals surface area contributed by atoms with Crippen LogP contribution in [0.3, 0.4) is 0 Å². The molecule has 0 saturated heterocycles. The van der Waals surface area contributed by atoms with Gasteiger partial charge in [-0.2, -0.15) is 0 Å². The van der Waals surface area contributed by atoms with Gasteiger partial charge in [-0.3, -0.25) is 9.69 Å². The molecule has 6 heteroatoms. The van der Waals surface area contributed by atoms with Crippen molar-refractivity contribution in [2.45, 2.75) is 38.1 Å². The zero-order valence-electron chi connectivity index (χ0n) is 18.2. The SMILES string of the molecule is CCc1ccc(N2C(=O)C(O)=C(S(=O)(=O)c3ccc(C)cc3)C2c2ccc(C)cc2)cc1. The van der Waals surface area contributed by atoms with Crippen LogP contribution in [0.1, 0.15) is 35.2 Å². The average Bonchev–Trinajstić information content (AvgIpc) is 3.06. The topological polar surface area (TPSA) is 74.7 Å². The number of aliphatic hydroxyl groups excluding tert-OH is 1. The second-order valence-corrected chi connectivity index (χ2v) is 9.96. The largest absolute Gasteiger partial charge is 0.502 e. The van der Waals surface area contributed by atoms with E-state index >= 15 is 0 Å². The molecule has 0 aliphatic carbocycles. The molecule has 3 aromatic rings. The second kappa shape index (κ2) is 8.28. The Morgan fingerprint density at radius 3 is 1.91 bits per heavy atom. The van der Waals surface area contributed by atoms with E-state index in [-0.39, 0.29) is 9.80 Å². The highest BCUT2D eigenvalue weighted by molar-refractivity contribution is 7.95. The molecule has 1 unspecified atom stereocenters. The Balaban J connectivity index is 1.91. The van der Waals surface area contributed by atoms with E-state index in [2.05, 4.69) is 0 Å². The van der Waals surface area contributed by atoms with Crippen LogP contribution in [0.4, 0.5) is 5.69 Å². The minimum atomic E-state index is -4.13. The van der Waals surface area contributed by atoms with Gasteiger partial charge in [0.2, 0.25) is 9.84 Å². The molecule has 32 heavy (non-hydrogen) atoms. The zero-order chi connectivity index (χ0) is 23.0. The number of carbonyl (C=O) groups is 1. The van der Waals surface area contributed by atoms with Crippen molar-refractivity contribution in [2.75, 3.05) is 4.90 Å². The van der Waals surface area contributed by atoms with Crippen LogP contribution in [0.5, 0.6) is 0 Å². The molecule has 5 nitrogen and oxygen atoms in total.